The van der Waals surface area contributed by atoms with Crippen LogP contribution in [0.25, 0.3) is 6.08 Å². The number of amides is 4. The minimum atomic E-state index is -0.819. The van der Waals surface area contributed by atoms with Gasteiger partial charge in [-0.15, -0.1) is 0 Å². The number of halogens is 2. The third kappa shape index (κ3) is 3.49. The minimum Gasteiger partial charge on any atom is -0.496 e. The molecule has 1 aliphatic rings. The SMILES string of the molecule is COc1ccc(Br)cc1C=C1C(=O)NC(=O)N(c2ccc(Cl)cc2)C1=O. The summed E-state index contributed by atoms with van der Waals surface area (Å²) in [4.78, 5) is 38.1. The molecule has 1 heterocycles. The predicted octanol–water partition coefficient (Wildman–Crippen LogP) is 3.78. The van der Waals surface area contributed by atoms with Crippen molar-refractivity contribution < 1.29 is 19.1 Å². The van der Waals surface area contributed by atoms with Crippen LogP contribution >= 0.6 is 27.5 Å². The topological polar surface area (TPSA) is 75.7 Å². The first-order chi connectivity index (χ1) is 12.4. The van der Waals surface area contributed by atoms with E-state index in [0.29, 0.717) is 22.0 Å². The zero-order valence-electron chi connectivity index (χ0n) is 13.5. The fourth-order valence-corrected chi connectivity index (χ4v) is 2.96. The van der Waals surface area contributed by atoms with Crippen molar-refractivity contribution in [3.05, 3.63) is 63.1 Å². The first kappa shape index (κ1) is 18.2. The minimum absolute atomic E-state index is 0.184. The fourth-order valence-electron chi connectivity index (χ4n) is 2.46. The molecule has 6 nitrogen and oxygen atoms in total. The molecule has 1 aliphatic heterocycles. The molecule has 0 atom stereocenters. The summed E-state index contributed by atoms with van der Waals surface area (Å²) in [7, 11) is 1.48. The van der Waals surface area contributed by atoms with Gasteiger partial charge in [0.1, 0.15) is 11.3 Å². The van der Waals surface area contributed by atoms with Gasteiger partial charge >= 0.3 is 6.03 Å². The van der Waals surface area contributed by atoms with E-state index in [1.807, 2.05) is 0 Å². The second kappa shape index (κ2) is 7.31. The van der Waals surface area contributed by atoms with Crippen LogP contribution in [0.2, 0.25) is 5.02 Å². The summed E-state index contributed by atoms with van der Waals surface area (Å²) in [6.45, 7) is 0. The highest BCUT2D eigenvalue weighted by molar-refractivity contribution is 9.10. The Kier molecular flexibility index (Phi) is 5.11. The van der Waals surface area contributed by atoms with Crippen LogP contribution in [-0.2, 0) is 9.59 Å². The highest BCUT2D eigenvalue weighted by atomic mass is 79.9. The van der Waals surface area contributed by atoms with Crippen LogP contribution in [0.15, 0.2) is 52.5 Å². The van der Waals surface area contributed by atoms with E-state index in [1.54, 1.807) is 30.3 Å². The first-order valence-electron chi connectivity index (χ1n) is 7.41. The van der Waals surface area contributed by atoms with Crippen LogP contribution < -0.4 is 15.0 Å². The molecule has 0 bridgehead atoms. The van der Waals surface area contributed by atoms with Crippen LogP contribution in [-0.4, -0.2) is 25.0 Å². The van der Waals surface area contributed by atoms with Crippen molar-refractivity contribution in [2.24, 2.45) is 0 Å². The Balaban J connectivity index is 2.06. The van der Waals surface area contributed by atoms with Gasteiger partial charge in [0.05, 0.1) is 12.8 Å². The second-order valence-electron chi connectivity index (χ2n) is 5.32. The molecule has 0 spiro atoms. The zero-order chi connectivity index (χ0) is 18.8. The Labute approximate surface area is 162 Å². The Bertz CT molecular complexity index is 941. The van der Waals surface area contributed by atoms with E-state index in [1.165, 1.54) is 25.3 Å². The number of nitrogens with one attached hydrogen (secondary N) is 1. The summed E-state index contributed by atoms with van der Waals surface area (Å²) in [5.74, 6) is -1.02. The highest BCUT2D eigenvalue weighted by Crippen LogP contribution is 2.28. The van der Waals surface area contributed by atoms with Crippen molar-refractivity contribution in [3.8, 4) is 5.75 Å². The Morgan fingerprint density at radius 3 is 2.46 bits per heavy atom. The molecule has 0 aliphatic carbocycles. The summed E-state index contributed by atoms with van der Waals surface area (Å²) in [6.07, 6.45) is 1.39. The molecule has 0 unspecified atom stereocenters. The van der Waals surface area contributed by atoms with Crippen LogP contribution in [0.5, 0.6) is 5.75 Å². The summed E-state index contributed by atoms with van der Waals surface area (Å²) >= 11 is 9.18. The van der Waals surface area contributed by atoms with E-state index >= 15 is 0 Å². The maximum absolute atomic E-state index is 12.8. The lowest BCUT2D eigenvalue weighted by Crippen LogP contribution is -2.54. The van der Waals surface area contributed by atoms with E-state index in [2.05, 4.69) is 21.2 Å². The zero-order valence-corrected chi connectivity index (χ0v) is 15.8. The van der Waals surface area contributed by atoms with Gasteiger partial charge in [0.25, 0.3) is 11.8 Å². The normalized spacial score (nSPS) is 16.0. The number of nitrogens with zero attached hydrogens (tertiary/aromatic N) is 1. The molecule has 4 amide bonds. The molecule has 2 aromatic rings. The Morgan fingerprint density at radius 2 is 1.81 bits per heavy atom. The molecule has 0 saturated carbocycles. The van der Waals surface area contributed by atoms with E-state index in [0.717, 1.165) is 9.37 Å². The number of ether oxygens (including phenoxy) is 1. The summed E-state index contributed by atoms with van der Waals surface area (Å²) < 4.78 is 6.00. The standard InChI is InChI=1S/C18H12BrClN2O4/c1-26-15-7-2-11(19)8-10(15)9-14-16(23)21-18(25)22(17(14)24)13-5-3-12(20)4-6-13/h2-9H,1H3,(H,21,23,25). The van der Waals surface area contributed by atoms with Crippen molar-refractivity contribution in [2.45, 2.75) is 0 Å². The highest BCUT2D eigenvalue weighted by Gasteiger charge is 2.36. The number of rotatable bonds is 3. The Morgan fingerprint density at radius 1 is 1.12 bits per heavy atom. The molecular weight excluding hydrogens is 424 g/mol. The number of barbiturate groups is 1. The lowest BCUT2D eigenvalue weighted by atomic mass is 10.1. The van der Waals surface area contributed by atoms with Gasteiger partial charge in [-0.3, -0.25) is 14.9 Å². The molecule has 0 radical (unpaired) electrons. The van der Waals surface area contributed by atoms with Gasteiger partial charge in [0.2, 0.25) is 0 Å². The number of hydrogen-bond acceptors (Lipinski definition) is 4. The molecule has 1 fully saturated rings. The van der Waals surface area contributed by atoms with Crippen LogP contribution in [0.1, 0.15) is 5.56 Å². The largest absolute Gasteiger partial charge is 0.496 e. The lowest BCUT2D eigenvalue weighted by molar-refractivity contribution is -0.122. The number of anilines is 1. The molecule has 1 N–H and O–H groups in total. The van der Waals surface area contributed by atoms with E-state index in [4.69, 9.17) is 16.3 Å². The second-order valence-corrected chi connectivity index (χ2v) is 6.67. The Hall–Kier alpha value is -2.64. The van der Waals surface area contributed by atoms with Crippen molar-refractivity contribution in [2.75, 3.05) is 12.0 Å². The molecule has 132 valence electrons. The molecule has 0 aromatic heterocycles. The smallest absolute Gasteiger partial charge is 0.335 e. The number of benzene rings is 2. The summed E-state index contributed by atoms with van der Waals surface area (Å²) in [5.41, 5.74) is 0.637. The maximum atomic E-state index is 12.8. The van der Waals surface area contributed by atoms with E-state index < -0.39 is 17.8 Å². The monoisotopic (exact) mass is 434 g/mol. The molecule has 8 heteroatoms. The van der Waals surface area contributed by atoms with Crippen molar-refractivity contribution in [1.29, 1.82) is 0 Å². The number of urea groups is 1. The van der Waals surface area contributed by atoms with Gasteiger partial charge in [0.15, 0.2) is 0 Å². The molecular formula is C18H12BrClN2O4. The lowest BCUT2D eigenvalue weighted by Gasteiger charge is -2.26. The maximum Gasteiger partial charge on any atom is 0.335 e. The quantitative estimate of drug-likeness (QED) is 0.588. The average Bonchev–Trinajstić information content (AvgIpc) is 2.60. The third-order valence-corrected chi connectivity index (χ3v) is 4.42. The molecule has 1 saturated heterocycles. The van der Waals surface area contributed by atoms with Gasteiger partial charge in [-0.05, 0) is 48.5 Å². The fraction of sp³-hybridized carbons (Fsp3) is 0.0556. The number of carbonyl (C=O) groups excluding carboxylic acids is 3. The van der Waals surface area contributed by atoms with Gasteiger partial charge in [-0.2, -0.15) is 0 Å². The van der Waals surface area contributed by atoms with Gasteiger partial charge in [-0.25, -0.2) is 9.69 Å². The van der Waals surface area contributed by atoms with Crippen molar-refractivity contribution in [3.63, 3.8) is 0 Å². The van der Waals surface area contributed by atoms with Gasteiger partial charge < -0.3 is 4.74 Å². The number of carbonyl (C=O) groups is 3. The third-order valence-electron chi connectivity index (χ3n) is 3.68. The van der Waals surface area contributed by atoms with Gasteiger partial charge in [-0.1, -0.05) is 27.5 Å². The molecule has 2 aromatic carbocycles. The van der Waals surface area contributed by atoms with Crippen molar-refractivity contribution >= 4 is 57.1 Å². The van der Waals surface area contributed by atoms with E-state index in [-0.39, 0.29) is 5.57 Å². The summed E-state index contributed by atoms with van der Waals surface area (Å²) in [5, 5.41) is 2.63. The number of methoxy groups -OCH3 is 1. The van der Waals surface area contributed by atoms with E-state index in [9.17, 15) is 14.4 Å². The number of imide groups is 2. The summed E-state index contributed by atoms with van der Waals surface area (Å²) in [6, 6.07) is 10.5. The van der Waals surface area contributed by atoms with Crippen LogP contribution in [0, 0.1) is 0 Å². The predicted molar refractivity (Wildman–Crippen MR) is 101 cm³/mol. The number of hydrogen-bond donors (Lipinski definition) is 1. The van der Waals surface area contributed by atoms with Gasteiger partial charge in [0, 0.05) is 15.1 Å². The van der Waals surface area contributed by atoms with Crippen LogP contribution in [0.3, 0.4) is 0 Å². The average molecular weight is 436 g/mol. The van der Waals surface area contributed by atoms with Crippen LogP contribution in [0.4, 0.5) is 10.5 Å². The molecule has 3 rings (SSSR count). The first-order valence-corrected chi connectivity index (χ1v) is 8.58. The van der Waals surface area contributed by atoms with Crippen molar-refractivity contribution in [1.82, 2.24) is 5.32 Å². The molecule has 26 heavy (non-hydrogen) atoms.